The zero-order chi connectivity index (χ0) is 14.9. The number of thiophene rings is 1. The van der Waals surface area contributed by atoms with Crippen LogP contribution in [0.3, 0.4) is 0 Å². The number of hydrogen-bond acceptors (Lipinski definition) is 3. The lowest BCUT2D eigenvalue weighted by molar-refractivity contribution is 0.615. The van der Waals surface area contributed by atoms with Gasteiger partial charge in [0.25, 0.3) is 0 Å². The summed E-state index contributed by atoms with van der Waals surface area (Å²) in [4.78, 5) is 1.19. The predicted octanol–water partition coefficient (Wildman–Crippen LogP) is 4.51. The lowest BCUT2D eigenvalue weighted by Gasteiger charge is -2.26. The number of nitrogens with zero attached hydrogens (tertiary/aromatic N) is 1. The second-order valence-corrected chi connectivity index (χ2v) is 6.51. The van der Waals surface area contributed by atoms with E-state index in [4.69, 9.17) is 0 Å². The van der Waals surface area contributed by atoms with Crippen molar-refractivity contribution in [3.05, 3.63) is 59.1 Å². The second kappa shape index (κ2) is 5.37. The van der Waals surface area contributed by atoms with E-state index in [1.807, 2.05) is 7.05 Å². The van der Waals surface area contributed by atoms with Crippen LogP contribution in [0, 0.1) is 0 Å². The molecule has 0 unspecified atom stereocenters. The van der Waals surface area contributed by atoms with E-state index >= 15 is 0 Å². The molecule has 1 aromatic carbocycles. The van der Waals surface area contributed by atoms with Gasteiger partial charge in [-0.25, -0.2) is 0 Å². The van der Waals surface area contributed by atoms with Crippen LogP contribution in [0.4, 0.5) is 5.69 Å². The molecule has 0 aliphatic heterocycles. The van der Waals surface area contributed by atoms with Gasteiger partial charge in [-0.05, 0) is 29.1 Å². The van der Waals surface area contributed by atoms with E-state index in [0.717, 1.165) is 17.1 Å². The molecule has 0 bridgehead atoms. The van der Waals surface area contributed by atoms with Gasteiger partial charge in [0.05, 0.1) is 4.88 Å². The third-order valence-corrected chi connectivity index (χ3v) is 4.79. The van der Waals surface area contributed by atoms with Gasteiger partial charge in [0.1, 0.15) is 5.69 Å². The average molecular weight is 297 g/mol. The van der Waals surface area contributed by atoms with Gasteiger partial charge in [0, 0.05) is 23.8 Å². The van der Waals surface area contributed by atoms with Crippen molar-refractivity contribution in [2.24, 2.45) is 0 Å². The van der Waals surface area contributed by atoms with Crippen LogP contribution in [0.1, 0.15) is 25.1 Å². The van der Waals surface area contributed by atoms with Crippen LogP contribution in [0.15, 0.2) is 47.8 Å². The molecule has 0 spiro atoms. The molecule has 3 nitrogen and oxygen atoms in total. The highest BCUT2D eigenvalue weighted by atomic mass is 32.1. The highest BCUT2D eigenvalue weighted by Gasteiger charge is 2.28. The fourth-order valence-corrected chi connectivity index (χ4v) is 3.27. The number of rotatable bonds is 4. The third kappa shape index (κ3) is 2.47. The number of aromatic amines is 1. The molecule has 0 amide bonds. The van der Waals surface area contributed by atoms with Crippen LogP contribution in [0.25, 0.3) is 10.6 Å². The SMILES string of the molecule is CNc1ccccc1C(C)(C)c1cc(-c2cccs2)n[nH]1. The van der Waals surface area contributed by atoms with Gasteiger partial charge >= 0.3 is 0 Å². The summed E-state index contributed by atoms with van der Waals surface area (Å²) < 4.78 is 0. The van der Waals surface area contributed by atoms with Gasteiger partial charge in [0.15, 0.2) is 0 Å². The molecule has 0 fully saturated rings. The van der Waals surface area contributed by atoms with E-state index in [1.54, 1.807) is 11.3 Å². The molecule has 2 heterocycles. The van der Waals surface area contributed by atoms with Crippen LogP contribution in [0.5, 0.6) is 0 Å². The summed E-state index contributed by atoms with van der Waals surface area (Å²) >= 11 is 1.71. The van der Waals surface area contributed by atoms with Crippen LogP contribution < -0.4 is 5.32 Å². The third-order valence-electron chi connectivity index (χ3n) is 3.89. The first-order valence-corrected chi connectivity index (χ1v) is 7.88. The summed E-state index contributed by atoms with van der Waals surface area (Å²) in [7, 11) is 1.96. The molecule has 21 heavy (non-hydrogen) atoms. The lowest BCUT2D eigenvalue weighted by atomic mass is 9.80. The fourth-order valence-electron chi connectivity index (χ4n) is 2.58. The first-order valence-electron chi connectivity index (χ1n) is 7.00. The minimum Gasteiger partial charge on any atom is -0.388 e. The number of para-hydroxylation sites is 1. The van der Waals surface area contributed by atoms with Crippen molar-refractivity contribution in [1.82, 2.24) is 10.2 Å². The van der Waals surface area contributed by atoms with Crippen LogP contribution in [0.2, 0.25) is 0 Å². The first kappa shape index (κ1) is 13.9. The molecular weight excluding hydrogens is 278 g/mol. The molecule has 0 saturated heterocycles. The summed E-state index contributed by atoms with van der Waals surface area (Å²) in [6, 6.07) is 14.7. The smallest absolute Gasteiger partial charge is 0.102 e. The number of benzene rings is 1. The Hall–Kier alpha value is -2.07. The molecule has 3 rings (SSSR count). The standard InChI is InChI=1S/C17H19N3S/c1-17(2,12-7-4-5-8-13(12)18-3)16-11-14(19-20-16)15-9-6-10-21-15/h4-11,18H,1-3H3,(H,19,20). The van der Waals surface area contributed by atoms with Crippen LogP contribution >= 0.6 is 11.3 Å². The van der Waals surface area contributed by atoms with E-state index in [2.05, 4.69) is 77.2 Å². The Balaban J connectivity index is 2.02. The minimum absolute atomic E-state index is 0.137. The number of hydrogen-bond donors (Lipinski definition) is 2. The Morgan fingerprint density at radius 3 is 2.67 bits per heavy atom. The summed E-state index contributed by atoms with van der Waals surface area (Å²) in [5, 5.41) is 13.0. The van der Waals surface area contributed by atoms with Gasteiger partial charge in [0.2, 0.25) is 0 Å². The summed E-state index contributed by atoms with van der Waals surface area (Å²) in [5.41, 5.74) is 4.40. The first-order chi connectivity index (χ1) is 10.1. The Kier molecular flexibility index (Phi) is 3.55. The fraction of sp³-hybridized carbons (Fsp3) is 0.235. The average Bonchev–Trinajstić information content (AvgIpc) is 3.17. The molecule has 0 radical (unpaired) electrons. The van der Waals surface area contributed by atoms with Gasteiger partial charge in [-0.3, -0.25) is 5.10 Å². The minimum atomic E-state index is -0.137. The number of H-pyrrole nitrogens is 1. The number of anilines is 1. The van der Waals surface area contributed by atoms with Crippen molar-refractivity contribution in [3.8, 4) is 10.6 Å². The van der Waals surface area contributed by atoms with E-state index in [1.165, 1.54) is 10.4 Å². The highest BCUT2D eigenvalue weighted by Crippen LogP contribution is 2.36. The van der Waals surface area contributed by atoms with Crippen molar-refractivity contribution in [2.75, 3.05) is 12.4 Å². The molecule has 2 aromatic heterocycles. The zero-order valence-corrected chi connectivity index (χ0v) is 13.3. The summed E-state index contributed by atoms with van der Waals surface area (Å²) in [5.74, 6) is 0. The maximum Gasteiger partial charge on any atom is 0.102 e. The van der Waals surface area contributed by atoms with Crippen molar-refractivity contribution < 1.29 is 0 Å². The highest BCUT2D eigenvalue weighted by molar-refractivity contribution is 7.13. The molecule has 0 aliphatic carbocycles. The van der Waals surface area contributed by atoms with E-state index in [0.29, 0.717) is 0 Å². The molecule has 2 N–H and O–H groups in total. The van der Waals surface area contributed by atoms with Crippen molar-refractivity contribution in [2.45, 2.75) is 19.3 Å². The van der Waals surface area contributed by atoms with Crippen molar-refractivity contribution in [3.63, 3.8) is 0 Å². The second-order valence-electron chi connectivity index (χ2n) is 5.56. The van der Waals surface area contributed by atoms with Crippen LogP contribution in [-0.4, -0.2) is 17.2 Å². The Morgan fingerprint density at radius 2 is 1.95 bits per heavy atom. The maximum absolute atomic E-state index is 4.47. The maximum atomic E-state index is 4.47. The number of nitrogens with one attached hydrogen (secondary N) is 2. The molecule has 0 saturated carbocycles. The summed E-state index contributed by atoms with van der Waals surface area (Å²) in [6.45, 7) is 4.43. The predicted molar refractivity (Wildman–Crippen MR) is 90.0 cm³/mol. The Bertz CT molecular complexity index is 726. The molecule has 108 valence electrons. The zero-order valence-electron chi connectivity index (χ0n) is 12.5. The van der Waals surface area contributed by atoms with E-state index in [9.17, 15) is 0 Å². The Morgan fingerprint density at radius 1 is 1.14 bits per heavy atom. The topological polar surface area (TPSA) is 40.7 Å². The quantitative estimate of drug-likeness (QED) is 0.744. The van der Waals surface area contributed by atoms with Gasteiger partial charge < -0.3 is 5.32 Å². The van der Waals surface area contributed by atoms with Gasteiger partial charge in [-0.15, -0.1) is 11.3 Å². The summed E-state index contributed by atoms with van der Waals surface area (Å²) in [6.07, 6.45) is 0. The van der Waals surface area contributed by atoms with Crippen molar-refractivity contribution in [1.29, 1.82) is 0 Å². The van der Waals surface area contributed by atoms with E-state index < -0.39 is 0 Å². The molecule has 0 atom stereocenters. The molecule has 0 aliphatic rings. The molecule has 4 heteroatoms. The Labute approximate surface area is 129 Å². The van der Waals surface area contributed by atoms with Crippen LogP contribution in [-0.2, 0) is 5.41 Å². The monoisotopic (exact) mass is 297 g/mol. The van der Waals surface area contributed by atoms with E-state index in [-0.39, 0.29) is 5.41 Å². The molecular formula is C17H19N3S. The largest absolute Gasteiger partial charge is 0.388 e. The number of aromatic nitrogens is 2. The normalized spacial score (nSPS) is 11.6. The van der Waals surface area contributed by atoms with Crippen molar-refractivity contribution >= 4 is 17.0 Å². The lowest BCUT2D eigenvalue weighted by Crippen LogP contribution is -2.21. The molecule has 3 aromatic rings. The van der Waals surface area contributed by atoms with Gasteiger partial charge in [-0.2, -0.15) is 5.10 Å². The van der Waals surface area contributed by atoms with Gasteiger partial charge in [-0.1, -0.05) is 38.1 Å².